The molecule has 1 saturated heterocycles. The van der Waals surface area contributed by atoms with Crippen LogP contribution in [0, 0.1) is 5.41 Å². The van der Waals surface area contributed by atoms with Crippen molar-refractivity contribution in [2.45, 2.75) is 31.0 Å². The van der Waals surface area contributed by atoms with E-state index < -0.39 is 11.0 Å². The quantitative estimate of drug-likeness (QED) is 0.860. The number of rotatable bonds is 4. The van der Waals surface area contributed by atoms with Crippen LogP contribution in [-0.4, -0.2) is 32.8 Å². The van der Waals surface area contributed by atoms with Crippen molar-refractivity contribution < 1.29 is 14.3 Å². The molecule has 4 heteroatoms. The molecule has 1 heterocycles. The van der Waals surface area contributed by atoms with Crippen LogP contribution in [0.5, 0.6) is 0 Å². The predicted octanol–water partition coefficient (Wildman–Crippen LogP) is 3.04. The molecule has 3 atom stereocenters. The summed E-state index contributed by atoms with van der Waals surface area (Å²) in [7, 11) is 3.42. The second kappa shape index (κ2) is 6.53. The van der Waals surface area contributed by atoms with Gasteiger partial charge >= 0.3 is 5.97 Å². The van der Waals surface area contributed by atoms with Gasteiger partial charge in [0.1, 0.15) is 11.0 Å². The average Bonchev–Trinajstić information content (AvgIpc) is 3.00. The van der Waals surface area contributed by atoms with Crippen molar-refractivity contribution in [3.05, 3.63) is 71.3 Å². The largest absolute Gasteiger partial charge is 0.468 e. The Morgan fingerprint density at radius 2 is 1.92 bits per heavy atom. The van der Waals surface area contributed by atoms with Crippen LogP contribution in [0.2, 0.25) is 0 Å². The van der Waals surface area contributed by atoms with Crippen molar-refractivity contribution in [1.29, 1.82) is 0 Å². The number of hydrogen-bond acceptors (Lipinski definition) is 4. The van der Waals surface area contributed by atoms with Crippen LogP contribution < -0.4 is 5.32 Å². The van der Waals surface area contributed by atoms with Crippen LogP contribution >= 0.6 is 0 Å². The lowest BCUT2D eigenvalue weighted by atomic mass is 9.64. The number of carbonyl (C=O) groups excluding carboxylic acids is 1. The van der Waals surface area contributed by atoms with Crippen molar-refractivity contribution in [3.8, 4) is 0 Å². The van der Waals surface area contributed by atoms with Crippen molar-refractivity contribution in [2.75, 3.05) is 20.7 Å². The maximum atomic E-state index is 13.2. The molecule has 0 bridgehead atoms. The Labute approximate surface area is 154 Å². The fourth-order valence-electron chi connectivity index (χ4n) is 4.94. The lowest BCUT2D eigenvalue weighted by molar-refractivity contribution is -0.203. The molecule has 0 aromatic heterocycles. The molecule has 2 aromatic carbocycles. The topological polar surface area (TPSA) is 47.6 Å². The van der Waals surface area contributed by atoms with Gasteiger partial charge in [0.25, 0.3) is 0 Å². The van der Waals surface area contributed by atoms with Gasteiger partial charge in [0.15, 0.2) is 0 Å². The summed E-state index contributed by atoms with van der Waals surface area (Å²) >= 11 is 0. The molecule has 1 fully saturated rings. The van der Waals surface area contributed by atoms with E-state index in [1.807, 2.05) is 37.4 Å². The lowest BCUT2D eigenvalue weighted by Crippen LogP contribution is -2.57. The van der Waals surface area contributed by atoms with E-state index in [9.17, 15) is 4.79 Å². The number of fused-ring (bicyclic) bond motifs is 3. The molecular formula is C22H25NO3. The van der Waals surface area contributed by atoms with Gasteiger partial charge in [-0.3, -0.25) is 4.79 Å². The molecule has 2 aromatic rings. The Bertz CT molecular complexity index is 806. The fourth-order valence-corrected chi connectivity index (χ4v) is 4.94. The Morgan fingerprint density at radius 1 is 1.19 bits per heavy atom. The van der Waals surface area contributed by atoms with E-state index in [-0.39, 0.29) is 12.1 Å². The van der Waals surface area contributed by atoms with Gasteiger partial charge in [-0.2, -0.15) is 0 Å². The summed E-state index contributed by atoms with van der Waals surface area (Å²) in [4.78, 5) is 13.2. The van der Waals surface area contributed by atoms with Crippen LogP contribution in [0.15, 0.2) is 54.6 Å². The molecule has 2 aliphatic rings. The smallest absolute Gasteiger partial charge is 0.315 e. The van der Waals surface area contributed by atoms with Crippen molar-refractivity contribution in [1.82, 2.24) is 5.32 Å². The number of likely N-dealkylation sites (N-methyl/N-ethyl adjacent to an activating group) is 1. The highest BCUT2D eigenvalue weighted by Gasteiger charge is 2.66. The van der Waals surface area contributed by atoms with Crippen molar-refractivity contribution >= 4 is 5.97 Å². The molecule has 4 nitrogen and oxygen atoms in total. The second-order valence-electron chi connectivity index (χ2n) is 7.29. The number of esters is 1. The summed E-state index contributed by atoms with van der Waals surface area (Å²) in [5.74, 6) is -0.180. The van der Waals surface area contributed by atoms with Crippen molar-refractivity contribution in [2.24, 2.45) is 5.41 Å². The first-order chi connectivity index (χ1) is 12.7. The number of methoxy groups -OCH3 is 1. The van der Waals surface area contributed by atoms with E-state index in [0.29, 0.717) is 6.42 Å². The van der Waals surface area contributed by atoms with Gasteiger partial charge in [0.2, 0.25) is 0 Å². The molecular weight excluding hydrogens is 326 g/mol. The van der Waals surface area contributed by atoms with E-state index in [1.165, 1.54) is 12.7 Å². The highest BCUT2D eigenvalue weighted by atomic mass is 16.5. The van der Waals surface area contributed by atoms with E-state index >= 15 is 0 Å². The Kier molecular flexibility index (Phi) is 4.33. The van der Waals surface area contributed by atoms with E-state index in [2.05, 4.69) is 29.6 Å². The molecule has 1 aliphatic carbocycles. The molecule has 136 valence electrons. The van der Waals surface area contributed by atoms with Gasteiger partial charge in [-0.1, -0.05) is 54.6 Å². The highest BCUT2D eigenvalue weighted by Crippen LogP contribution is 2.61. The number of benzene rings is 2. The molecule has 0 unspecified atom stereocenters. The third-order valence-corrected chi connectivity index (χ3v) is 5.99. The second-order valence-corrected chi connectivity index (χ2v) is 7.29. The summed E-state index contributed by atoms with van der Waals surface area (Å²) in [5.41, 5.74) is 1.76. The minimum Gasteiger partial charge on any atom is -0.468 e. The van der Waals surface area contributed by atoms with Gasteiger partial charge in [0, 0.05) is 6.54 Å². The third kappa shape index (κ3) is 2.25. The minimum atomic E-state index is -0.808. The first kappa shape index (κ1) is 17.3. The van der Waals surface area contributed by atoms with Crippen LogP contribution in [0.25, 0.3) is 0 Å². The molecule has 0 radical (unpaired) electrons. The van der Waals surface area contributed by atoms with Gasteiger partial charge in [-0.25, -0.2) is 0 Å². The average molecular weight is 351 g/mol. The molecule has 1 aliphatic heterocycles. The van der Waals surface area contributed by atoms with Crippen LogP contribution in [-0.2, 0) is 26.3 Å². The summed E-state index contributed by atoms with van der Waals surface area (Å²) in [6.07, 6.45) is 2.27. The normalized spacial score (nSPS) is 29.7. The Balaban J connectivity index is 1.98. The van der Waals surface area contributed by atoms with Gasteiger partial charge in [-0.15, -0.1) is 0 Å². The summed E-state index contributed by atoms with van der Waals surface area (Å²) in [6.45, 7) is 0.758. The van der Waals surface area contributed by atoms with Gasteiger partial charge in [-0.05, 0) is 43.0 Å². The number of nitrogens with one attached hydrogen (secondary N) is 1. The molecule has 1 N–H and O–H groups in total. The van der Waals surface area contributed by atoms with Crippen LogP contribution in [0.3, 0.4) is 0 Å². The summed E-state index contributed by atoms with van der Waals surface area (Å²) in [6, 6.07) is 18.4. The summed E-state index contributed by atoms with van der Waals surface area (Å²) in [5, 5.41) is 3.22. The Morgan fingerprint density at radius 3 is 2.65 bits per heavy atom. The zero-order chi connectivity index (χ0) is 18.2. The zero-order valence-electron chi connectivity index (χ0n) is 15.3. The molecule has 0 spiro atoms. The van der Waals surface area contributed by atoms with Gasteiger partial charge in [0.05, 0.1) is 13.2 Å². The first-order valence-electron chi connectivity index (χ1n) is 9.23. The molecule has 26 heavy (non-hydrogen) atoms. The maximum Gasteiger partial charge on any atom is 0.315 e. The highest BCUT2D eigenvalue weighted by molar-refractivity contribution is 5.83. The molecule has 4 rings (SSSR count). The predicted molar refractivity (Wildman–Crippen MR) is 99.9 cm³/mol. The number of carbonyl (C=O) groups is 1. The number of hydrogen-bond donors (Lipinski definition) is 1. The van der Waals surface area contributed by atoms with Crippen LogP contribution in [0.1, 0.15) is 29.5 Å². The van der Waals surface area contributed by atoms with Crippen LogP contribution in [0.4, 0.5) is 0 Å². The number of ether oxygens (including phenoxy) is 2. The first-order valence-corrected chi connectivity index (χ1v) is 9.23. The zero-order valence-corrected chi connectivity index (χ0v) is 15.3. The minimum absolute atomic E-state index is 0.0455. The lowest BCUT2D eigenvalue weighted by Gasteiger charge is -2.50. The Hall–Kier alpha value is -2.17. The SMILES string of the molecule is CNC[C@H]1CC[C@]2(C(=O)OC)Cc3ccccc3[C@]2(c2ccccc2)O1. The van der Waals surface area contributed by atoms with E-state index in [4.69, 9.17) is 9.47 Å². The monoisotopic (exact) mass is 351 g/mol. The third-order valence-electron chi connectivity index (χ3n) is 5.99. The summed E-state index contributed by atoms with van der Waals surface area (Å²) < 4.78 is 12.1. The molecule has 0 saturated carbocycles. The van der Waals surface area contributed by atoms with Gasteiger partial charge < -0.3 is 14.8 Å². The van der Waals surface area contributed by atoms with E-state index in [1.54, 1.807) is 0 Å². The molecule has 0 amide bonds. The maximum absolute atomic E-state index is 13.2. The van der Waals surface area contributed by atoms with Crippen molar-refractivity contribution in [3.63, 3.8) is 0 Å². The standard InChI is InChI=1S/C22H25NO3/c1-23-15-18-12-13-21(20(24)25-2)14-16-8-6-7-11-19(16)22(21,26-18)17-9-4-3-5-10-17/h3-11,18,23H,12-15H2,1-2H3/t18-,21-,22+/m1/s1. The fraction of sp³-hybridized carbons (Fsp3) is 0.409. The van der Waals surface area contributed by atoms with E-state index in [0.717, 1.165) is 30.5 Å².